The van der Waals surface area contributed by atoms with Gasteiger partial charge < -0.3 is 10.0 Å². The summed E-state index contributed by atoms with van der Waals surface area (Å²) >= 11 is 0. The molecular weight excluding hydrogens is 250 g/mol. The van der Waals surface area contributed by atoms with Crippen molar-refractivity contribution in [2.45, 2.75) is 50.7 Å². The number of nitrogens with zero attached hydrogens (tertiary/aromatic N) is 1. The van der Waals surface area contributed by atoms with Crippen LogP contribution in [0.25, 0.3) is 0 Å². The van der Waals surface area contributed by atoms with Crippen LogP contribution in [0, 0.1) is 5.92 Å². The molecule has 2 aliphatic rings. The quantitative estimate of drug-likeness (QED) is 0.854. The molecule has 3 rings (SSSR count). The number of piperidine rings is 1. The van der Waals surface area contributed by atoms with Crippen LogP contribution in [-0.4, -0.2) is 28.1 Å². The monoisotopic (exact) mass is 273 g/mol. The molecular formula is C17H23NO2. The molecule has 0 spiro atoms. The highest BCUT2D eigenvalue weighted by Gasteiger charge is 2.49. The number of aliphatic hydroxyl groups is 1. The number of benzene rings is 1. The van der Waals surface area contributed by atoms with E-state index in [0.717, 1.165) is 37.7 Å². The second kappa shape index (κ2) is 5.21. The van der Waals surface area contributed by atoms with Gasteiger partial charge in [-0.15, -0.1) is 0 Å². The summed E-state index contributed by atoms with van der Waals surface area (Å²) in [5, 5.41) is 11.0. The first kappa shape index (κ1) is 13.6. The highest BCUT2D eigenvalue weighted by Crippen LogP contribution is 2.49. The van der Waals surface area contributed by atoms with Gasteiger partial charge in [0.15, 0.2) is 0 Å². The van der Waals surface area contributed by atoms with Gasteiger partial charge in [0, 0.05) is 19.4 Å². The standard InChI is InChI=1S/C17H23NO2/c1-13(19)18-12-11-17(20)10-6-5-9-15(17)16(18)14-7-3-2-4-8-14/h2-4,7-8,15-16,20H,5-6,9-12H2,1H3/t15?,16-,17?/m0/s1. The Hall–Kier alpha value is -1.35. The second-order valence-electron chi connectivity index (χ2n) is 6.27. The smallest absolute Gasteiger partial charge is 0.219 e. The zero-order chi connectivity index (χ0) is 14.2. The van der Waals surface area contributed by atoms with Gasteiger partial charge in [-0.05, 0) is 24.8 Å². The number of likely N-dealkylation sites (tertiary alicyclic amines) is 1. The van der Waals surface area contributed by atoms with Gasteiger partial charge in [-0.2, -0.15) is 0 Å². The average molecular weight is 273 g/mol. The first-order valence-electron chi connectivity index (χ1n) is 7.66. The molecule has 3 nitrogen and oxygen atoms in total. The summed E-state index contributed by atoms with van der Waals surface area (Å²) in [5.41, 5.74) is 0.581. The van der Waals surface area contributed by atoms with Crippen molar-refractivity contribution in [2.75, 3.05) is 6.54 Å². The fourth-order valence-electron chi connectivity index (χ4n) is 4.10. The fraction of sp³-hybridized carbons (Fsp3) is 0.588. The van der Waals surface area contributed by atoms with E-state index in [0.29, 0.717) is 6.54 Å². The zero-order valence-electron chi connectivity index (χ0n) is 12.1. The van der Waals surface area contributed by atoms with Crippen molar-refractivity contribution in [1.29, 1.82) is 0 Å². The van der Waals surface area contributed by atoms with Crippen LogP contribution in [0.1, 0.15) is 50.6 Å². The second-order valence-corrected chi connectivity index (χ2v) is 6.27. The lowest BCUT2D eigenvalue weighted by Gasteiger charge is -2.52. The molecule has 1 aliphatic heterocycles. The molecule has 1 amide bonds. The predicted octanol–water partition coefficient (Wildman–Crippen LogP) is 2.90. The highest BCUT2D eigenvalue weighted by molar-refractivity contribution is 5.74. The van der Waals surface area contributed by atoms with Gasteiger partial charge in [-0.3, -0.25) is 4.79 Å². The number of carbonyl (C=O) groups excluding carboxylic acids is 1. The number of amides is 1. The summed E-state index contributed by atoms with van der Waals surface area (Å²) in [4.78, 5) is 14.0. The Labute approximate surface area is 120 Å². The maximum Gasteiger partial charge on any atom is 0.219 e. The lowest BCUT2D eigenvalue weighted by atomic mass is 9.66. The van der Waals surface area contributed by atoms with Crippen LogP contribution in [0.2, 0.25) is 0 Å². The maximum absolute atomic E-state index is 12.0. The van der Waals surface area contributed by atoms with E-state index in [1.54, 1.807) is 6.92 Å². The van der Waals surface area contributed by atoms with Gasteiger partial charge in [0.25, 0.3) is 0 Å². The van der Waals surface area contributed by atoms with Crippen molar-refractivity contribution in [3.63, 3.8) is 0 Å². The molecule has 1 aromatic carbocycles. The van der Waals surface area contributed by atoms with Gasteiger partial charge in [0.2, 0.25) is 5.91 Å². The van der Waals surface area contributed by atoms with Crippen molar-refractivity contribution in [3.8, 4) is 0 Å². The molecule has 2 fully saturated rings. The highest BCUT2D eigenvalue weighted by atomic mass is 16.3. The van der Waals surface area contributed by atoms with Gasteiger partial charge in [0.1, 0.15) is 0 Å². The molecule has 0 bridgehead atoms. The molecule has 108 valence electrons. The maximum atomic E-state index is 12.0. The van der Waals surface area contributed by atoms with E-state index < -0.39 is 5.60 Å². The number of fused-ring (bicyclic) bond motifs is 1. The molecule has 1 aliphatic carbocycles. The summed E-state index contributed by atoms with van der Waals surface area (Å²) < 4.78 is 0. The summed E-state index contributed by atoms with van der Waals surface area (Å²) in [7, 11) is 0. The number of hydrogen-bond donors (Lipinski definition) is 1. The van der Waals surface area contributed by atoms with Crippen LogP contribution < -0.4 is 0 Å². The SMILES string of the molecule is CC(=O)N1CCC2(O)CCCCC2[C@@H]1c1ccccc1. The summed E-state index contributed by atoms with van der Waals surface area (Å²) in [6.07, 6.45) is 4.88. The Morgan fingerprint density at radius 2 is 2.00 bits per heavy atom. The normalized spacial score (nSPS) is 33.6. The van der Waals surface area contributed by atoms with Crippen LogP contribution in [0.3, 0.4) is 0 Å². The fourth-order valence-corrected chi connectivity index (χ4v) is 4.10. The first-order chi connectivity index (χ1) is 9.62. The molecule has 3 heteroatoms. The van der Waals surface area contributed by atoms with Crippen molar-refractivity contribution in [2.24, 2.45) is 5.92 Å². The Morgan fingerprint density at radius 3 is 2.70 bits per heavy atom. The van der Waals surface area contributed by atoms with E-state index in [1.807, 2.05) is 23.1 Å². The van der Waals surface area contributed by atoms with Crippen molar-refractivity contribution >= 4 is 5.91 Å². The van der Waals surface area contributed by atoms with Gasteiger partial charge >= 0.3 is 0 Å². The van der Waals surface area contributed by atoms with Crippen molar-refractivity contribution in [1.82, 2.24) is 4.90 Å². The van der Waals surface area contributed by atoms with E-state index in [-0.39, 0.29) is 17.9 Å². The molecule has 1 saturated carbocycles. The average Bonchev–Trinajstić information content (AvgIpc) is 2.46. The Kier molecular flexibility index (Phi) is 3.55. The molecule has 2 unspecified atom stereocenters. The van der Waals surface area contributed by atoms with Crippen LogP contribution in [-0.2, 0) is 4.79 Å². The largest absolute Gasteiger partial charge is 0.389 e. The van der Waals surface area contributed by atoms with E-state index >= 15 is 0 Å². The molecule has 0 radical (unpaired) electrons. The molecule has 3 atom stereocenters. The van der Waals surface area contributed by atoms with E-state index in [1.165, 1.54) is 0 Å². The Balaban J connectivity index is 2.00. The molecule has 20 heavy (non-hydrogen) atoms. The predicted molar refractivity (Wildman–Crippen MR) is 78.1 cm³/mol. The number of rotatable bonds is 1. The molecule has 1 aromatic rings. The summed E-state index contributed by atoms with van der Waals surface area (Å²) in [6.45, 7) is 2.31. The summed E-state index contributed by atoms with van der Waals surface area (Å²) in [6, 6.07) is 10.2. The van der Waals surface area contributed by atoms with Gasteiger partial charge in [0.05, 0.1) is 11.6 Å². The van der Waals surface area contributed by atoms with E-state index in [9.17, 15) is 9.90 Å². The van der Waals surface area contributed by atoms with Crippen LogP contribution in [0.15, 0.2) is 30.3 Å². The minimum Gasteiger partial charge on any atom is -0.389 e. The molecule has 1 saturated heterocycles. The van der Waals surface area contributed by atoms with Gasteiger partial charge in [-0.25, -0.2) is 0 Å². The lowest BCUT2D eigenvalue weighted by Crippen LogP contribution is -2.55. The van der Waals surface area contributed by atoms with Crippen molar-refractivity contribution < 1.29 is 9.90 Å². The molecule has 0 aromatic heterocycles. The Bertz CT molecular complexity index is 487. The van der Waals surface area contributed by atoms with E-state index in [2.05, 4.69) is 12.1 Å². The third-order valence-electron chi connectivity index (χ3n) is 5.11. The van der Waals surface area contributed by atoms with Crippen molar-refractivity contribution in [3.05, 3.63) is 35.9 Å². The third-order valence-corrected chi connectivity index (χ3v) is 5.11. The van der Waals surface area contributed by atoms with Gasteiger partial charge in [-0.1, -0.05) is 43.2 Å². The third kappa shape index (κ3) is 2.24. The number of carbonyl (C=O) groups is 1. The minimum atomic E-state index is -0.579. The topological polar surface area (TPSA) is 40.5 Å². The molecule has 1 heterocycles. The zero-order valence-corrected chi connectivity index (χ0v) is 12.1. The van der Waals surface area contributed by atoms with Crippen LogP contribution in [0.5, 0.6) is 0 Å². The lowest BCUT2D eigenvalue weighted by molar-refractivity contribution is -0.153. The molecule has 1 N–H and O–H groups in total. The minimum absolute atomic E-state index is 0.0350. The van der Waals surface area contributed by atoms with Crippen LogP contribution >= 0.6 is 0 Å². The Morgan fingerprint density at radius 1 is 1.25 bits per heavy atom. The number of hydrogen-bond acceptors (Lipinski definition) is 2. The van der Waals surface area contributed by atoms with Crippen LogP contribution in [0.4, 0.5) is 0 Å². The first-order valence-corrected chi connectivity index (χ1v) is 7.66. The summed E-state index contributed by atoms with van der Waals surface area (Å²) in [5.74, 6) is 0.294. The van der Waals surface area contributed by atoms with E-state index in [4.69, 9.17) is 0 Å².